The highest BCUT2D eigenvalue weighted by molar-refractivity contribution is 6.33. The van der Waals surface area contributed by atoms with E-state index >= 15 is 0 Å². The molecular weight excluding hydrogens is 371 g/mol. The van der Waals surface area contributed by atoms with Crippen LogP contribution >= 0.6 is 11.6 Å². The molecule has 0 aliphatic carbocycles. The van der Waals surface area contributed by atoms with Crippen molar-refractivity contribution in [3.63, 3.8) is 0 Å². The Bertz CT molecular complexity index is 1080. The maximum absolute atomic E-state index is 13.2. The van der Waals surface area contributed by atoms with Crippen LogP contribution in [0.15, 0.2) is 53.5 Å². The van der Waals surface area contributed by atoms with E-state index in [2.05, 4.69) is 4.98 Å². The van der Waals surface area contributed by atoms with Gasteiger partial charge in [0.1, 0.15) is 17.3 Å². The molecule has 0 N–H and O–H groups in total. The molecule has 1 aromatic carbocycles. The molecule has 1 amide bonds. The molecule has 1 aliphatic heterocycles. The van der Waals surface area contributed by atoms with E-state index in [1.54, 1.807) is 23.2 Å². The number of rotatable bonds is 2. The molecule has 138 valence electrons. The van der Waals surface area contributed by atoms with Crippen molar-refractivity contribution in [1.82, 2.24) is 14.3 Å². The smallest absolute Gasteiger partial charge is 0.259 e. The SMILES string of the molecule is O=C(c1ccc(F)cc1Cl)N1CCN(c2cc(=O)n3ccccc3n2)CC1. The lowest BCUT2D eigenvalue weighted by Crippen LogP contribution is -2.49. The molecule has 1 saturated heterocycles. The van der Waals surface area contributed by atoms with E-state index in [9.17, 15) is 14.0 Å². The number of amides is 1. The lowest BCUT2D eigenvalue weighted by atomic mass is 10.1. The largest absolute Gasteiger partial charge is 0.353 e. The second-order valence-corrected chi connectivity index (χ2v) is 6.69. The van der Waals surface area contributed by atoms with Crippen molar-refractivity contribution in [3.8, 4) is 0 Å². The fraction of sp³-hybridized carbons (Fsp3) is 0.211. The molecule has 0 atom stereocenters. The van der Waals surface area contributed by atoms with Gasteiger partial charge in [-0.1, -0.05) is 17.7 Å². The average molecular weight is 387 g/mol. The van der Waals surface area contributed by atoms with E-state index in [0.717, 1.165) is 6.07 Å². The Morgan fingerprint density at radius 2 is 1.85 bits per heavy atom. The van der Waals surface area contributed by atoms with Gasteiger partial charge in [0.2, 0.25) is 0 Å². The topological polar surface area (TPSA) is 57.9 Å². The van der Waals surface area contributed by atoms with E-state index in [1.807, 2.05) is 11.0 Å². The molecule has 0 spiro atoms. The predicted octanol–water partition coefficient (Wildman–Crippen LogP) is 2.45. The Kier molecular flexibility index (Phi) is 4.53. The number of halogens is 2. The summed E-state index contributed by atoms with van der Waals surface area (Å²) in [6.45, 7) is 2.00. The lowest BCUT2D eigenvalue weighted by Gasteiger charge is -2.35. The molecule has 8 heteroatoms. The lowest BCUT2D eigenvalue weighted by molar-refractivity contribution is 0.0746. The number of carbonyl (C=O) groups is 1. The van der Waals surface area contributed by atoms with Crippen molar-refractivity contribution in [2.24, 2.45) is 0 Å². The van der Waals surface area contributed by atoms with Gasteiger partial charge in [0.15, 0.2) is 0 Å². The zero-order valence-electron chi connectivity index (χ0n) is 14.3. The molecule has 27 heavy (non-hydrogen) atoms. The molecule has 4 rings (SSSR count). The minimum absolute atomic E-state index is 0.103. The van der Waals surface area contributed by atoms with Gasteiger partial charge < -0.3 is 9.80 Å². The number of benzene rings is 1. The molecule has 0 unspecified atom stereocenters. The minimum atomic E-state index is -0.477. The summed E-state index contributed by atoms with van der Waals surface area (Å²) in [6.07, 6.45) is 1.68. The van der Waals surface area contributed by atoms with Gasteiger partial charge in [0, 0.05) is 38.4 Å². The summed E-state index contributed by atoms with van der Waals surface area (Å²) in [7, 11) is 0. The summed E-state index contributed by atoms with van der Waals surface area (Å²) in [6, 6.07) is 10.6. The molecule has 0 radical (unpaired) electrons. The van der Waals surface area contributed by atoms with Crippen LogP contribution in [0.5, 0.6) is 0 Å². The Morgan fingerprint density at radius 1 is 1.07 bits per heavy atom. The van der Waals surface area contributed by atoms with Crippen LogP contribution in [-0.4, -0.2) is 46.4 Å². The molecule has 3 heterocycles. The number of aromatic nitrogens is 2. The summed E-state index contributed by atoms with van der Waals surface area (Å²) in [5.41, 5.74) is 0.720. The molecule has 0 saturated carbocycles. The van der Waals surface area contributed by atoms with Gasteiger partial charge in [0.25, 0.3) is 11.5 Å². The van der Waals surface area contributed by atoms with Crippen LogP contribution in [0.4, 0.5) is 10.2 Å². The van der Waals surface area contributed by atoms with Crippen LogP contribution in [0.3, 0.4) is 0 Å². The van der Waals surface area contributed by atoms with Crippen LogP contribution in [0.1, 0.15) is 10.4 Å². The van der Waals surface area contributed by atoms with E-state index in [4.69, 9.17) is 11.6 Å². The van der Waals surface area contributed by atoms with Crippen LogP contribution < -0.4 is 10.5 Å². The fourth-order valence-corrected chi connectivity index (χ4v) is 3.42. The summed E-state index contributed by atoms with van der Waals surface area (Å²) >= 11 is 6.00. The van der Waals surface area contributed by atoms with Gasteiger partial charge in [-0.05, 0) is 30.3 Å². The van der Waals surface area contributed by atoms with Gasteiger partial charge in [-0.2, -0.15) is 0 Å². The number of hydrogen-bond acceptors (Lipinski definition) is 4. The number of anilines is 1. The molecule has 3 aromatic rings. The Labute approximate surface area is 159 Å². The van der Waals surface area contributed by atoms with E-state index in [-0.39, 0.29) is 22.1 Å². The standard InChI is InChI=1S/C19H16ClFN4O2/c20-15-11-13(21)4-5-14(15)19(27)24-9-7-23(8-10-24)17-12-18(26)25-6-2-1-3-16(25)22-17/h1-6,11-12H,7-10H2. The zero-order chi connectivity index (χ0) is 19.0. The summed E-state index contributed by atoms with van der Waals surface area (Å²) in [4.78, 5) is 33.1. The zero-order valence-corrected chi connectivity index (χ0v) is 15.1. The monoisotopic (exact) mass is 386 g/mol. The number of fused-ring (bicyclic) bond motifs is 1. The number of pyridine rings is 1. The van der Waals surface area contributed by atoms with Crippen molar-refractivity contribution in [2.45, 2.75) is 0 Å². The maximum Gasteiger partial charge on any atom is 0.259 e. The predicted molar refractivity (Wildman–Crippen MR) is 101 cm³/mol. The van der Waals surface area contributed by atoms with Gasteiger partial charge in [0.05, 0.1) is 10.6 Å². The van der Waals surface area contributed by atoms with E-state index in [0.29, 0.717) is 37.6 Å². The third-order valence-electron chi connectivity index (χ3n) is 4.61. The Balaban J connectivity index is 1.50. The highest BCUT2D eigenvalue weighted by Crippen LogP contribution is 2.21. The van der Waals surface area contributed by atoms with Gasteiger partial charge in [-0.25, -0.2) is 9.37 Å². The normalized spacial score (nSPS) is 14.6. The van der Waals surface area contributed by atoms with Gasteiger partial charge >= 0.3 is 0 Å². The molecule has 0 bridgehead atoms. The Morgan fingerprint density at radius 3 is 2.59 bits per heavy atom. The number of piperazine rings is 1. The van der Waals surface area contributed by atoms with Crippen LogP contribution in [0.25, 0.3) is 5.65 Å². The van der Waals surface area contributed by atoms with Crippen molar-refractivity contribution in [2.75, 3.05) is 31.1 Å². The van der Waals surface area contributed by atoms with Crippen LogP contribution in [-0.2, 0) is 0 Å². The fourth-order valence-electron chi connectivity index (χ4n) is 3.18. The van der Waals surface area contributed by atoms with Crippen LogP contribution in [0, 0.1) is 5.82 Å². The molecule has 1 aliphatic rings. The summed E-state index contributed by atoms with van der Waals surface area (Å²) in [5, 5.41) is 0.103. The third kappa shape index (κ3) is 3.38. The molecule has 1 fully saturated rings. The van der Waals surface area contributed by atoms with Crippen molar-refractivity contribution in [1.29, 1.82) is 0 Å². The van der Waals surface area contributed by atoms with Gasteiger partial charge in [-0.3, -0.25) is 14.0 Å². The van der Waals surface area contributed by atoms with Crippen molar-refractivity contribution in [3.05, 3.63) is 75.4 Å². The highest BCUT2D eigenvalue weighted by Gasteiger charge is 2.24. The highest BCUT2D eigenvalue weighted by atomic mass is 35.5. The first-order valence-electron chi connectivity index (χ1n) is 8.51. The summed E-state index contributed by atoms with van der Waals surface area (Å²) in [5.74, 6) is -0.112. The molecule has 6 nitrogen and oxygen atoms in total. The first-order chi connectivity index (χ1) is 13.0. The molecule has 2 aromatic heterocycles. The maximum atomic E-state index is 13.2. The van der Waals surface area contributed by atoms with E-state index in [1.165, 1.54) is 22.6 Å². The van der Waals surface area contributed by atoms with E-state index < -0.39 is 5.82 Å². The second-order valence-electron chi connectivity index (χ2n) is 6.28. The van der Waals surface area contributed by atoms with Crippen molar-refractivity contribution >= 4 is 29.0 Å². The Hall–Kier alpha value is -2.93. The first-order valence-corrected chi connectivity index (χ1v) is 8.88. The average Bonchev–Trinajstić information content (AvgIpc) is 2.68. The van der Waals surface area contributed by atoms with Gasteiger partial charge in [-0.15, -0.1) is 0 Å². The van der Waals surface area contributed by atoms with Crippen molar-refractivity contribution < 1.29 is 9.18 Å². The minimum Gasteiger partial charge on any atom is -0.353 e. The van der Waals surface area contributed by atoms with Crippen LogP contribution in [0.2, 0.25) is 5.02 Å². The molecular formula is C19H16ClFN4O2. The summed E-state index contributed by atoms with van der Waals surface area (Å²) < 4.78 is 14.7. The number of carbonyl (C=O) groups excluding carboxylic acids is 1. The number of nitrogens with zero attached hydrogens (tertiary/aromatic N) is 4. The third-order valence-corrected chi connectivity index (χ3v) is 4.92. The second kappa shape index (κ2) is 7.00. The number of hydrogen-bond donors (Lipinski definition) is 0. The quantitative estimate of drug-likeness (QED) is 0.679. The first kappa shape index (κ1) is 17.5.